The van der Waals surface area contributed by atoms with Crippen LogP contribution in [-0.2, 0) is 43.5 Å². The van der Waals surface area contributed by atoms with Crippen molar-refractivity contribution in [1.29, 1.82) is 0 Å². The standard InChI is InChI=1S/C21H25NO10S/c23-17-10-3-9-5-21(6-10,8-22(17)7-9)20(26)32-16-11-4-12-14(19(25)31-15(12)16)13(11)18(24)30-1-2-33(27,28)29/h9-16H,1-8H2,(H,27,28,29). The molecule has 11 nitrogen and oxygen atoms in total. The van der Waals surface area contributed by atoms with E-state index in [9.17, 15) is 27.6 Å². The van der Waals surface area contributed by atoms with Gasteiger partial charge in [0.25, 0.3) is 10.1 Å². The number of esters is 3. The van der Waals surface area contributed by atoms with Gasteiger partial charge in [-0.2, -0.15) is 8.42 Å². The van der Waals surface area contributed by atoms with Crippen LogP contribution in [0.3, 0.4) is 0 Å². The molecule has 0 aromatic heterocycles. The zero-order valence-corrected chi connectivity index (χ0v) is 18.6. The molecule has 0 aromatic rings. The summed E-state index contributed by atoms with van der Waals surface area (Å²) in [5.41, 5.74) is -0.755. The summed E-state index contributed by atoms with van der Waals surface area (Å²) in [4.78, 5) is 52.8. The molecule has 6 bridgehead atoms. The molecule has 0 spiro atoms. The fourth-order valence-corrected chi connectivity index (χ4v) is 7.89. The Morgan fingerprint density at radius 2 is 1.97 bits per heavy atom. The monoisotopic (exact) mass is 483 g/mol. The summed E-state index contributed by atoms with van der Waals surface area (Å²) >= 11 is 0. The fraction of sp³-hybridized carbons (Fsp3) is 0.810. The van der Waals surface area contributed by atoms with Gasteiger partial charge in [0.1, 0.15) is 24.6 Å². The molecule has 3 aliphatic carbocycles. The van der Waals surface area contributed by atoms with Crippen LogP contribution >= 0.6 is 0 Å². The SMILES string of the molecule is O=C1OC2C3CC(C2OC(=O)C24CC5CC(C2)C(=O)N(C5)C4)C(C(=O)OCCS(=O)(=O)O)C13. The molecule has 7 rings (SSSR count). The molecule has 12 heteroatoms. The zero-order chi connectivity index (χ0) is 23.3. The third-order valence-electron chi connectivity index (χ3n) is 8.65. The predicted octanol–water partition coefficient (Wildman–Crippen LogP) is -0.605. The maximum absolute atomic E-state index is 13.4. The summed E-state index contributed by atoms with van der Waals surface area (Å²) in [6, 6.07) is 0. The van der Waals surface area contributed by atoms with Crippen LogP contribution in [0.25, 0.3) is 0 Å². The van der Waals surface area contributed by atoms with Crippen LogP contribution in [0.15, 0.2) is 0 Å². The minimum atomic E-state index is -4.29. The Morgan fingerprint density at radius 3 is 2.70 bits per heavy atom. The Kier molecular flexibility index (Phi) is 4.46. The second kappa shape index (κ2) is 6.91. The van der Waals surface area contributed by atoms with Gasteiger partial charge in [0, 0.05) is 30.8 Å². The van der Waals surface area contributed by atoms with Gasteiger partial charge in [-0.3, -0.25) is 23.7 Å². The number of fused-ring (bicyclic) bond motifs is 1. The number of nitrogens with zero attached hydrogens (tertiary/aromatic N) is 1. The molecule has 3 saturated carbocycles. The van der Waals surface area contributed by atoms with Gasteiger partial charge in [0.2, 0.25) is 5.91 Å². The molecule has 4 heterocycles. The van der Waals surface area contributed by atoms with Crippen molar-refractivity contribution in [2.24, 2.45) is 40.9 Å². The van der Waals surface area contributed by atoms with Crippen LogP contribution in [0.5, 0.6) is 0 Å². The van der Waals surface area contributed by atoms with Crippen LogP contribution < -0.4 is 0 Å². The van der Waals surface area contributed by atoms with Crippen molar-refractivity contribution in [2.75, 3.05) is 25.4 Å². The lowest BCUT2D eigenvalue weighted by molar-refractivity contribution is -0.193. The van der Waals surface area contributed by atoms with Crippen molar-refractivity contribution in [3.8, 4) is 0 Å². The minimum absolute atomic E-state index is 0.106. The Balaban J connectivity index is 1.19. The van der Waals surface area contributed by atoms with Crippen LogP contribution in [0, 0.1) is 40.9 Å². The molecule has 180 valence electrons. The predicted molar refractivity (Wildman–Crippen MR) is 106 cm³/mol. The minimum Gasteiger partial charge on any atom is -0.464 e. The topological polar surface area (TPSA) is 154 Å². The number of amides is 1. The highest BCUT2D eigenvalue weighted by molar-refractivity contribution is 7.85. The molecule has 7 aliphatic rings. The molecule has 0 aromatic carbocycles. The first kappa shape index (κ1) is 21.3. The lowest BCUT2D eigenvalue weighted by atomic mass is 9.59. The Hall–Kier alpha value is -2.21. The summed E-state index contributed by atoms with van der Waals surface area (Å²) in [5.74, 6) is -4.50. The quantitative estimate of drug-likeness (QED) is 0.294. The van der Waals surface area contributed by atoms with E-state index in [1.807, 2.05) is 0 Å². The first-order valence-corrected chi connectivity index (χ1v) is 13.0. The van der Waals surface area contributed by atoms with E-state index in [2.05, 4.69) is 0 Å². The van der Waals surface area contributed by atoms with Crippen LogP contribution in [0.2, 0.25) is 0 Å². The number of carbonyl (C=O) groups excluding carboxylic acids is 4. The number of piperidine rings is 3. The van der Waals surface area contributed by atoms with Gasteiger partial charge >= 0.3 is 17.9 Å². The van der Waals surface area contributed by atoms with Crippen molar-refractivity contribution in [3.63, 3.8) is 0 Å². The first-order valence-electron chi connectivity index (χ1n) is 11.4. The van der Waals surface area contributed by atoms with Crippen molar-refractivity contribution in [2.45, 2.75) is 37.9 Å². The summed E-state index contributed by atoms with van der Waals surface area (Å²) in [6.45, 7) is 0.488. The van der Waals surface area contributed by atoms with E-state index in [0.717, 1.165) is 6.42 Å². The molecule has 9 unspecified atom stereocenters. The highest BCUT2D eigenvalue weighted by Gasteiger charge is 2.71. The second-order valence-electron chi connectivity index (χ2n) is 10.5. The lowest BCUT2D eigenvalue weighted by Crippen LogP contribution is -2.64. The smallest absolute Gasteiger partial charge is 0.314 e. The molecule has 1 N–H and O–H groups in total. The number of rotatable bonds is 6. The molecule has 4 saturated heterocycles. The maximum atomic E-state index is 13.4. The fourth-order valence-electron chi connectivity index (χ4n) is 7.59. The Morgan fingerprint density at radius 1 is 1.18 bits per heavy atom. The van der Waals surface area contributed by atoms with Crippen molar-refractivity contribution >= 4 is 33.9 Å². The first-order chi connectivity index (χ1) is 15.6. The highest BCUT2D eigenvalue weighted by atomic mass is 32.2. The average molecular weight is 483 g/mol. The van der Waals surface area contributed by atoms with Crippen molar-refractivity contribution < 1.29 is 46.4 Å². The highest BCUT2D eigenvalue weighted by Crippen LogP contribution is 2.60. The van der Waals surface area contributed by atoms with E-state index in [1.165, 1.54) is 0 Å². The van der Waals surface area contributed by atoms with Gasteiger partial charge < -0.3 is 19.1 Å². The molecule has 1 amide bonds. The molecular weight excluding hydrogens is 458 g/mol. The van der Waals surface area contributed by atoms with E-state index in [4.69, 9.17) is 18.8 Å². The molecular formula is C21H25NO10S. The molecule has 0 radical (unpaired) electrons. The van der Waals surface area contributed by atoms with Gasteiger partial charge in [0.05, 0.1) is 17.3 Å². The number of ether oxygens (including phenoxy) is 3. The normalized spacial score (nSPS) is 44.3. The number of hydrogen-bond acceptors (Lipinski definition) is 9. The zero-order valence-electron chi connectivity index (χ0n) is 17.8. The van der Waals surface area contributed by atoms with Crippen molar-refractivity contribution in [3.05, 3.63) is 0 Å². The van der Waals surface area contributed by atoms with Gasteiger partial charge in [-0.25, -0.2) is 0 Å². The second-order valence-corrected chi connectivity index (χ2v) is 12.1. The van der Waals surface area contributed by atoms with Gasteiger partial charge in [-0.15, -0.1) is 0 Å². The average Bonchev–Trinajstić information content (AvgIpc) is 3.34. The molecule has 9 atom stereocenters. The Bertz CT molecular complexity index is 1040. The van der Waals surface area contributed by atoms with Gasteiger partial charge in [0.15, 0.2) is 0 Å². The van der Waals surface area contributed by atoms with E-state index < -0.39 is 75.8 Å². The number of hydrogen-bond donors (Lipinski definition) is 1. The third-order valence-corrected chi connectivity index (χ3v) is 9.33. The molecule has 33 heavy (non-hydrogen) atoms. The number of carbonyl (C=O) groups is 4. The molecule has 7 fully saturated rings. The van der Waals surface area contributed by atoms with E-state index in [0.29, 0.717) is 32.4 Å². The van der Waals surface area contributed by atoms with E-state index in [1.54, 1.807) is 4.90 Å². The van der Waals surface area contributed by atoms with Gasteiger partial charge in [-0.1, -0.05) is 0 Å². The summed E-state index contributed by atoms with van der Waals surface area (Å²) in [6.07, 6.45) is 1.03. The third kappa shape index (κ3) is 3.13. The lowest BCUT2D eigenvalue weighted by Gasteiger charge is -2.56. The van der Waals surface area contributed by atoms with E-state index in [-0.39, 0.29) is 23.7 Å². The largest absolute Gasteiger partial charge is 0.464 e. The summed E-state index contributed by atoms with van der Waals surface area (Å²) in [5, 5.41) is 0. The van der Waals surface area contributed by atoms with Crippen molar-refractivity contribution in [1.82, 2.24) is 4.90 Å². The Labute approximate surface area is 189 Å². The van der Waals surface area contributed by atoms with Gasteiger partial charge in [-0.05, 0) is 31.6 Å². The molecule has 4 aliphatic heterocycles. The van der Waals surface area contributed by atoms with Crippen LogP contribution in [-0.4, -0.2) is 79.3 Å². The van der Waals surface area contributed by atoms with Crippen LogP contribution in [0.1, 0.15) is 25.7 Å². The summed E-state index contributed by atoms with van der Waals surface area (Å²) in [7, 11) is -4.29. The maximum Gasteiger partial charge on any atom is 0.314 e. The van der Waals surface area contributed by atoms with E-state index >= 15 is 0 Å². The summed E-state index contributed by atoms with van der Waals surface area (Å²) < 4.78 is 47.2. The van der Waals surface area contributed by atoms with Crippen LogP contribution in [0.4, 0.5) is 0 Å².